The molecule has 1 fully saturated rings. The van der Waals surface area contributed by atoms with Gasteiger partial charge in [0.2, 0.25) is 0 Å². The van der Waals surface area contributed by atoms with Crippen LogP contribution in [0.5, 0.6) is 0 Å². The van der Waals surface area contributed by atoms with Crippen molar-refractivity contribution in [2.24, 2.45) is 0 Å². The summed E-state index contributed by atoms with van der Waals surface area (Å²) in [5, 5.41) is 12.0. The van der Waals surface area contributed by atoms with Crippen LogP contribution in [0.3, 0.4) is 0 Å². The number of ether oxygens (including phenoxy) is 1. The standard InChI is InChI=1S/C11H13F3N2O2/c12-7-5-8(13)10(15-9(7)14)16-11(6-17)1-3-18-4-2-11/h5,17H,1-4,6H2,(H,15,16). The maximum atomic E-state index is 13.4. The van der Waals surface area contributed by atoms with Gasteiger partial charge < -0.3 is 15.2 Å². The van der Waals surface area contributed by atoms with Gasteiger partial charge in [0.1, 0.15) is 0 Å². The van der Waals surface area contributed by atoms with E-state index in [1.165, 1.54) is 0 Å². The zero-order valence-corrected chi connectivity index (χ0v) is 9.55. The van der Waals surface area contributed by atoms with Crippen LogP contribution in [0, 0.1) is 17.6 Å². The Labute approximate surface area is 102 Å². The van der Waals surface area contributed by atoms with E-state index in [9.17, 15) is 18.3 Å². The summed E-state index contributed by atoms with van der Waals surface area (Å²) in [5.41, 5.74) is -0.809. The predicted octanol–water partition coefficient (Wildman–Crippen LogP) is 1.45. The van der Waals surface area contributed by atoms with Crippen LogP contribution in [0.2, 0.25) is 0 Å². The lowest BCUT2D eigenvalue weighted by atomic mass is 9.91. The van der Waals surface area contributed by atoms with Gasteiger partial charge in [-0.3, -0.25) is 0 Å². The Morgan fingerprint density at radius 1 is 1.28 bits per heavy atom. The van der Waals surface area contributed by atoms with Crippen molar-refractivity contribution in [3.05, 3.63) is 23.6 Å². The number of halogens is 3. The Morgan fingerprint density at radius 3 is 2.56 bits per heavy atom. The minimum absolute atomic E-state index is 0.267. The lowest BCUT2D eigenvalue weighted by Crippen LogP contribution is -2.47. The highest BCUT2D eigenvalue weighted by atomic mass is 19.2. The van der Waals surface area contributed by atoms with Crippen molar-refractivity contribution in [3.63, 3.8) is 0 Å². The number of hydrogen-bond acceptors (Lipinski definition) is 4. The van der Waals surface area contributed by atoms with E-state index >= 15 is 0 Å². The smallest absolute Gasteiger partial charge is 0.251 e. The van der Waals surface area contributed by atoms with Gasteiger partial charge >= 0.3 is 0 Å². The highest BCUT2D eigenvalue weighted by Crippen LogP contribution is 2.26. The van der Waals surface area contributed by atoms with Crippen molar-refractivity contribution in [1.29, 1.82) is 0 Å². The van der Waals surface area contributed by atoms with Gasteiger partial charge in [-0.25, -0.2) is 8.78 Å². The minimum Gasteiger partial charge on any atom is -0.394 e. The molecule has 0 aliphatic carbocycles. The first kappa shape index (κ1) is 13.1. The summed E-state index contributed by atoms with van der Waals surface area (Å²) in [6.07, 6.45) is 0.868. The Balaban J connectivity index is 2.24. The molecular weight excluding hydrogens is 249 g/mol. The van der Waals surface area contributed by atoms with E-state index in [0.29, 0.717) is 32.1 Å². The van der Waals surface area contributed by atoms with Crippen LogP contribution in [0.1, 0.15) is 12.8 Å². The van der Waals surface area contributed by atoms with Gasteiger partial charge in [-0.1, -0.05) is 0 Å². The van der Waals surface area contributed by atoms with Crippen LogP contribution in [0.25, 0.3) is 0 Å². The minimum atomic E-state index is -1.38. The number of aromatic nitrogens is 1. The normalized spacial score (nSPS) is 18.7. The zero-order chi connectivity index (χ0) is 13.2. The summed E-state index contributed by atoms with van der Waals surface area (Å²) >= 11 is 0. The number of nitrogens with one attached hydrogen (secondary N) is 1. The molecule has 18 heavy (non-hydrogen) atoms. The molecule has 0 radical (unpaired) electrons. The highest BCUT2D eigenvalue weighted by molar-refractivity contribution is 5.39. The van der Waals surface area contributed by atoms with Crippen molar-refractivity contribution in [2.75, 3.05) is 25.1 Å². The number of aliphatic hydroxyl groups excluding tert-OH is 1. The zero-order valence-electron chi connectivity index (χ0n) is 9.55. The number of rotatable bonds is 3. The molecule has 2 N–H and O–H groups in total. The van der Waals surface area contributed by atoms with Crippen LogP contribution in [-0.4, -0.2) is 35.5 Å². The molecule has 1 aromatic heterocycles. The van der Waals surface area contributed by atoms with Gasteiger partial charge in [-0.2, -0.15) is 9.37 Å². The number of pyridine rings is 1. The molecule has 2 rings (SSSR count). The summed E-state index contributed by atoms with van der Waals surface area (Å²) in [6.45, 7) is 0.536. The molecule has 1 aromatic rings. The fourth-order valence-corrected chi connectivity index (χ4v) is 1.87. The van der Waals surface area contributed by atoms with Gasteiger partial charge in [-0.15, -0.1) is 0 Å². The highest BCUT2D eigenvalue weighted by Gasteiger charge is 2.33. The third-order valence-electron chi connectivity index (χ3n) is 3.02. The van der Waals surface area contributed by atoms with Crippen molar-refractivity contribution in [3.8, 4) is 0 Å². The summed E-state index contributed by atoms with van der Waals surface area (Å²) < 4.78 is 44.3. The average molecular weight is 262 g/mol. The van der Waals surface area contributed by atoms with Gasteiger partial charge in [0, 0.05) is 19.3 Å². The third-order valence-corrected chi connectivity index (χ3v) is 3.02. The van der Waals surface area contributed by atoms with Gasteiger partial charge in [0.25, 0.3) is 5.95 Å². The van der Waals surface area contributed by atoms with Crippen molar-refractivity contribution < 1.29 is 23.0 Å². The average Bonchev–Trinajstić information content (AvgIpc) is 2.37. The van der Waals surface area contributed by atoms with E-state index in [1.807, 2.05) is 0 Å². The maximum absolute atomic E-state index is 13.4. The first-order valence-corrected chi connectivity index (χ1v) is 5.55. The van der Waals surface area contributed by atoms with E-state index in [2.05, 4.69) is 10.3 Å². The molecular formula is C11H13F3N2O2. The monoisotopic (exact) mass is 262 g/mol. The molecule has 4 nitrogen and oxygen atoms in total. The SMILES string of the molecule is OCC1(Nc2nc(F)c(F)cc2F)CCOCC1. The summed E-state index contributed by atoms with van der Waals surface area (Å²) in [5.74, 6) is -4.11. The molecule has 0 bridgehead atoms. The fourth-order valence-electron chi connectivity index (χ4n) is 1.87. The fraction of sp³-hybridized carbons (Fsp3) is 0.545. The second-order valence-electron chi connectivity index (χ2n) is 4.27. The number of aliphatic hydroxyl groups is 1. The van der Waals surface area contributed by atoms with Crippen molar-refractivity contribution in [1.82, 2.24) is 4.98 Å². The van der Waals surface area contributed by atoms with Crippen LogP contribution >= 0.6 is 0 Å². The second kappa shape index (κ2) is 5.11. The molecule has 0 saturated carbocycles. The van der Waals surface area contributed by atoms with Crippen LogP contribution in [0.15, 0.2) is 6.07 Å². The van der Waals surface area contributed by atoms with E-state index in [-0.39, 0.29) is 6.61 Å². The van der Waals surface area contributed by atoms with Gasteiger partial charge in [0.15, 0.2) is 17.5 Å². The Kier molecular flexibility index (Phi) is 3.72. The molecule has 2 heterocycles. The van der Waals surface area contributed by atoms with Crippen LogP contribution in [-0.2, 0) is 4.74 Å². The first-order chi connectivity index (χ1) is 8.56. The molecule has 1 aliphatic rings. The largest absolute Gasteiger partial charge is 0.394 e. The van der Waals surface area contributed by atoms with E-state index in [4.69, 9.17) is 4.74 Å². The molecule has 7 heteroatoms. The Bertz CT molecular complexity index is 437. The van der Waals surface area contributed by atoms with Crippen LogP contribution in [0.4, 0.5) is 19.0 Å². The third kappa shape index (κ3) is 2.56. The summed E-state index contributed by atoms with van der Waals surface area (Å²) in [6, 6.07) is 0.426. The molecule has 0 aromatic carbocycles. The molecule has 0 amide bonds. The summed E-state index contributed by atoms with van der Waals surface area (Å²) in [7, 11) is 0. The maximum Gasteiger partial charge on any atom is 0.251 e. The number of anilines is 1. The quantitative estimate of drug-likeness (QED) is 0.810. The van der Waals surface area contributed by atoms with Crippen LogP contribution < -0.4 is 5.32 Å². The Hall–Kier alpha value is -1.34. The van der Waals surface area contributed by atoms with Gasteiger partial charge in [-0.05, 0) is 12.8 Å². The number of nitrogens with zero attached hydrogens (tertiary/aromatic N) is 1. The first-order valence-electron chi connectivity index (χ1n) is 5.55. The Morgan fingerprint density at radius 2 is 1.94 bits per heavy atom. The lowest BCUT2D eigenvalue weighted by Gasteiger charge is -2.36. The molecule has 0 unspecified atom stereocenters. The molecule has 0 spiro atoms. The van der Waals surface area contributed by atoms with E-state index in [0.717, 1.165) is 0 Å². The molecule has 0 atom stereocenters. The number of hydrogen-bond donors (Lipinski definition) is 2. The summed E-state index contributed by atoms with van der Waals surface area (Å²) in [4.78, 5) is 3.18. The molecule has 1 aliphatic heterocycles. The van der Waals surface area contributed by atoms with E-state index in [1.54, 1.807) is 0 Å². The lowest BCUT2D eigenvalue weighted by molar-refractivity contribution is 0.0376. The second-order valence-corrected chi connectivity index (χ2v) is 4.27. The van der Waals surface area contributed by atoms with E-state index < -0.39 is 28.9 Å². The predicted molar refractivity (Wildman–Crippen MR) is 57.6 cm³/mol. The van der Waals surface area contributed by atoms with Crippen molar-refractivity contribution >= 4 is 5.82 Å². The topological polar surface area (TPSA) is 54.4 Å². The van der Waals surface area contributed by atoms with Gasteiger partial charge in [0.05, 0.1) is 12.1 Å². The molecule has 1 saturated heterocycles. The molecule has 100 valence electrons. The van der Waals surface area contributed by atoms with Crippen molar-refractivity contribution in [2.45, 2.75) is 18.4 Å².